The number of rotatable bonds is 9. The number of aliphatic hydroxyl groups is 1. The van der Waals surface area contributed by atoms with Crippen LogP contribution >= 0.6 is 0 Å². The van der Waals surface area contributed by atoms with Crippen LogP contribution in [0.2, 0.25) is 0 Å². The molecule has 2 aliphatic rings. The molecule has 2 fully saturated rings. The van der Waals surface area contributed by atoms with Gasteiger partial charge in [-0.3, -0.25) is 9.80 Å². The molecule has 0 aromatic heterocycles. The van der Waals surface area contributed by atoms with Gasteiger partial charge in [-0.2, -0.15) is 0 Å². The van der Waals surface area contributed by atoms with E-state index in [2.05, 4.69) is 34.1 Å². The standard InChI is InChI=1S/C26H35FN2O3/c27-23-6-10-25(11-7-23)32-21-26(30)12-16-29(17-13-26)20-22-4-8-24(9-5-22)31-19-18-28-14-2-1-3-15-28/h4-11,30H,1-3,12-21H2. The zero-order chi connectivity index (χ0) is 22.2. The van der Waals surface area contributed by atoms with Crippen LogP contribution in [-0.2, 0) is 6.54 Å². The van der Waals surface area contributed by atoms with Crippen LogP contribution in [-0.4, -0.2) is 66.4 Å². The van der Waals surface area contributed by atoms with E-state index in [1.54, 1.807) is 12.1 Å². The highest BCUT2D eigenvalue weighted by Crippen LogP contribution is 2.25. The zero-order valence-corrected chi connectivity index (χ0v) is 18.8. The molecule has 2 aliphatic heterocycles. The quantitative estimate of drug-likeness (QED) is 0.634. The molecular formula is C26H35FN2O3. The Morgan fingerprint density at radius 3 is 2.09 bits per heavy atom. The molecule has 0 saturated carbocycles. The van der Waals surface area contributed by atoms with Gasteiger partial charge in [-0.25, -0.2) is 4.39 Å². The Kier molecular flexibility index (Phi) is 8.00. The lowest BCUT2D eigenvalue weighted by atomic mass is 9.92. The van der Waals surface area contributed by atoms with Crippen LogP contribution in [0.25, 0.3) is 0 Å². The molecule has 1 N–H and O–H groups in total. The molecule has 0 bridgehead atoms. The van der Waals surface area contributed by atoms with Crippen LogP contribution in [0.3, 0.4) is 0 Å². The van der Waals surface area contributed by atoms with Crippen LogP contribution in [0, 0.1) is 5.82 Å². The molecule has 0 unspecified atom stereocenters. The first-order valence-electron chi connectivity index (χ1n) is 11.9. The van der Waals surface area contributed by atoms with Gasteiger partial charge in [0.15, 0.2) is 0 Å². The van der Waals surface area contributed by atoms with Gasteiger partial charge >= 0.3 is 0 Å². The van der Waals surface area contributed by atoms with Crippen LogP contribution in [0.15, 0.2) is 48.5 Å². The summed E-state index contributed by atoms with van der Waals surface area (Å²) in [6, 6.07) is 14.3. The number of ether oxygens (including phenoxy) is 2. The Morgan fingerprint density at radius 2 is 1.41 bits per heavy atom. The molecule has 32 heavy (non-hydrogen) atoms. The summed E-state index contributed by atoms with van der Waals surface area (Å²) in [6.45, 7) is 6.87. The van der Waals surface area contributed by atoms with Gasteiger partial charge < -0.3 is 14.6 Å². The summed E-state index contributed by atoms with van der Waals surface area (Å²) < 4.78 is 24.6. The second-order valence-electron chi connectivity index (χ2n) is 9.14. The van der Waals surface area contributed by atoms with Crippen molar-refractivity contribution in [2.45, 2.75) is 44.2 Å². The van der Waals surface area contributed by atoms with E-state index in [4.69, 9.17) is 9.47 Å². The molecule has 0 atom stereocenters. The summed E-state index contributed by atoms with van der Waals surface area (Å²) in [5.41, 5.74) is 0.415. The van der Waals surface area contributed by atoms with Gasteiger partial charge in [0, 0.05) is 26.2 Å². The van der Waals surface area contributed by atoms with E-state index in [0.29, 0.717) is 18.6 Å². The third-order valence-corrected chi connectivity index (χ3v) is 6.56. The van der Waals surface area contributed by atoms with Crippen LogP contribution in [0.1, 0.15) is 37.7 Å². The van der Waals surface area contributed by atoms with Gasteiger partial charge in [-0.15, -0.1) is 0 Å². The fourth-order valence-electron chi connectivity index (χ4n) is 4.45. The number of likely N-dealkylation sites (tertiary alicyclic amines) is 2. The van der Waals surface area contributed by atoms with E-state index in [1.807, 2.05) is 0 Å². The highest BCUT2D eigenvalue weighted by molar-refractivity contribution is 5.27. The molecule has 2 heterocycles. The number of nitrogens with zero attached hydrogens (tertiary/aromatic N) is 2. The summed E-state index contributed by atoms with van der Waals surface area (Å²) in [5, 5.41) is 10.8. The second-order valence-corrected chi connectivity index (χ2v) is 9.14. The van der Waals surface area contributed by atoms with Gasteiger partial charge in [0.25, 0.3) is 0 Å². The first kappa shape index (κ1) is 23.0. The van der Waals surface area contributed by atoms with E-state index in [-0.39, 0.29) is 12.4 Å². The normalized spacial score (nSPS) is 19.6. The fourth-order valence-corrected chi connectivity index (χ4v) is 4.45. The number of hydrogen-bond acceptors (Lipinski definition) is 5. The molecule has 2 aromatic carbocycles. The van der Waals surface area contributed by atoms with Crippen LogP contribution < -0.4 is 9.47 Å². The Bertz CT molecular complexity index is 814. The summed E-state index contributed by atoms with van der Waals surface area (Å²) in [5.74, 6) is 1.22. The van der Waals surface area contributed by atoms with Crippen LogP contribution in [0.4, 0.5) is 4.39 Å². The van der Waals surface area contributed by atoms with E-state index in [1.165, 1.54) is 50.0 Å². The third-order valence-electron chi connectivity index (χ3n) is 6.56. The van der Waals surface area contributed by atoms with Gasteiger partial charge in [-0.05, 0) is 80.7 Å². The SMILES string of the molecule is OC1(COc2ccc(F)cc2)CCN(Cc2ccc(OCCN3CCCCC3)cc2)CC1. The maximum atomic E-state index is 13.0. The molecule has 2 saturated heterocycles. The molecule has 4 rings (SSSR count). The van der Waals surface area contributed by atoms with E-state index in [9.17, 15) is 9.50 Å². The molecule has 174 valence electrons. The smallest absolute Gasteiger partial charge is 0.123 e. The van der Waals surface area contributed by atoms with Crippen molar-refractivity contribution in [2.24, 2.45) is 0 Å². The van der Waals surface area contributed by atoms with Crippen molar-refractivity contribution in [3.05, 3.63) is 59.9 Å². The first-order valence-corrected chi connectivity index (χ1v) is 11.9. The van der Waals surface area contributed by atoms with E-state index < -0.39 is 5.60 Å². The van der Waals surface area contributed by atoms with Gasteiger partial charge in [-0.1, -0.05) is 18.6 Å². The monoisotopic (exact) mass is 442 g/mol. The second kappa shape index (κ2) is 11.1. The molecule has 5 nitrogen and oxygen atoms in total. The lowest BCUT2D eigenvalue weighted by Gasteiger charge is -2.38. The highest BCUT2D eigenvalue weighted by Gasteiger charge is 2.33. The lowest BCUT2D eigenvalue weighted by Crippen LogP contribution is -2.47. The Labute approximate surface area is 190 Å². The zero-order valence-electron chi connectivity index (χ0n) is 18.8. The molecule has 0 aliphatic carbocycles. The van der Waals surface area contributed by atoms with Gasteiger partial charge in [0.05, 0.1) is 0 Å². The summed E-state index contributed by atoms with van der Waals surface area (Å²) in [4.78, 5) is 4.85. The Hall–Kier alpha value is -2.15. The molecule has 0 radical (unpaired) electrons. The lowest BCUT2D eigenvalue weighted by molar-refractivity contribution is -0.0537. The maximum Gasteiger partial charge on any atom is 0.123 e. The number of piperidine rings is 2. The molecule has 0 spiro atoms. The number of halogens is 1. The van der Waals surface area contributed by atoms with E-state index in [0.717, 1.165) is 38.5 Å². The summed E-state index contributed by atoms with van der Waals surface area (Å²) in [7, 11) is 0. The van der Waals surface area contributed by atoms with Crippen molar-refractivity contribution in [3.8, 4) is 11.5 Å². The van der Waals surface area contributed by atoms with Gasteiger partial charge in [0.2, 0.25) is 0 Å². The largest absolute Gasteiger partial charge is 0.492 e. The molecular weight excluding hydrogens is 407 g/mol. The number of benzene rings is 2. The Morgan fingerprint density at radius 1 is 0.781 bits per heavy atom. The highest BCUT2D eigenvalue weighted by atomic mass is 19.1. The van der Waals surface area contributed by atoms with E-state index >= 15 is 0 Å². The average molecular weight is 443 g/mol. The maximum absolute atomic E-state index is 13.0. The summed E-state index contributed by atoms with van der Waals surface area (Å²) in [6.07, 6.45) is 5.30. The van der Waals surface area contributed by atoms with Crippen molar-refractivity contribution >= 4 is 0 Å². The Balaban J connectivity index is 1.16. The van der Waals surface area contributed by atoms with Crippen molar-refractivity contribution in [3.63, 3.8) is 0 Å². The topological polar surface area (TPSA) is 45.2 Å². The minimum absolute atomic E-state index is 0.232. The van der Waals surface area contributed by atoms with Crippen molar-refractivity contribution in [1.29, 1.82) is 0 Å². The minimum atomic E-state index is -0.836. The molecule has 2 aromatic rings. The molecule has 0 amide bonds. The number of hydrogen-bond donors (Lipinski definition) is 1. The average Bonchev–Trinajstić information content (AvgIpc) is 2.82. The molecule has 6 heteroatoms. The van der Waals surface area contributed by atoms with Crippen LogP contribution in [0.5, 0.6) is 11.5 Å². The van der Waals surface area contributed by atoms with Crippen molar-refractivity contribution < 1.29 is 19.0 Å². The third kappa shape index (κ3) is 6.92. The minimum Gasteiger partial charge on any atom is -0.492 e. The first-order chi connectivity index (χ1) is 15.6. The summed E-state index contributed by atoms with van der Waals surface area (Å²) >= 11 is 0. The predicted octanol–water partition coefficient (Wildman–Crippen LogP) is 4.10. The van der Waals surface area contributed by atoms with Crippen molar-refractivity contribution in [1.82, 2.24) is 9.80 Å². The predicted molar refractivity (Wildman–Crippen MR) is 124 cm³/mol. The fraction of sp³-hybridized carbons (Fsp3) is 0.538. The van der Waals surface area contributed by atoms with Crippen molar-refractivity contribution in [2.75, 3.05) is 45.9 Å². The van der Waals surface area contributed by atoms with Gasteiger partial charge in [0.1, 0.15) is 36.1 Å².